The number of benzene rings is 1. The zero-order chi connectivity index (χ0) is 18.4. The van der Waals surface area contributed by atoms with Crippen LogP contribution in [0.2, 0.25) is 0 Å². The molecule has 0 bridgehead atoms. The largest absolute Gasteiger partial charge is 0.470 e. The number of carbonyl (C=O) groups is 2. The maximum Gasteiger partial charge on any atom is 0.339 e. The molecule has 4 unspecified atom stereocenters. The van der Waals surface area contributed by atoms with E-state index in [1.165, 1.54) is 6.92 Å². The fourth-order valence-electron chi connectivity index (χ4n) is 2.25. The average Bonchev–Trinajstić information content (AvgIpc) is 2.59. The number of urea groups is 1. The number of aliphatic hydroxyl groups excluding tert-OH is 3. The minimum absolute atomic E-state index is 0.240. The van der Waals surface area contributed by atoms with Crippen LogP contribution in [0.15, 0.2) is 35.4 Å². The molecular formula is C15H20N4O6. The Hall–Kier alpha value is -2.69. The van der Waals surface area contributed by atoms with Gasteiger partial charge in [-0.1, -0.05) is 18.2 Å². The topological polar surface area (TPSA) is 153 Å². The molecule has 25 heavy (non-hydrogen) atoms. The van der Waals surface area contributed by atoms with Crippen LogP contribution < -0.4 is 16.1 Å². The highest BCUT2D eigenvalue weighted by Crippen LogP contribution is 2.17. The van der Waals surface area contributed by atoms with Gasteiger partial charge in [-0.2, -0.15) is 0 Å². The minimum Gasteiger partial charge on any atom is -0.470 e. The van der Waals surface area contributed by atoms with Gasteiger partial charge in [0, 0.05) is 12.6 Å². The van der Waals surface area contributed by atoms with Crippen molar-refractivity contribution in [2.45, 2.75) is 31.3 Å². The standard InChI is InChI=1S/C15H20N4O6/c1-8(21)16-11-13(23)12(22)10(7-20)25-14(11)18-19-15(24)17-9-5-3-2-4-6-9/h2-6,10-13,20,22-23H,7H2,1H3,(H,16,21)(H2,17,19,24). The van der Waals surface area contributed by atoms with E-state index in [4.69, 9.17) is 4.74 Å². The van der Waals surface area contributed by atoms with Gasteiger partial charge in [-0.15, -0.1) is 5.10 Å². The van der Waals surface area contributed by atoms with Crippen LogP contribution in [0.5, 0.6) is 0 Å². The predicted octanol–water partition coefficient (Wildman–Crippen LogP) is -1.26. The van der Waals surface area contributed by atoms with Gasteiger partial charge in [0.2, 0.25) is 11.8 Å². The van der Waals surface area contributed by atoms with E-state index in [2.05, 4.69) is 21.2 Å². The molecule has 10 nitrogen and oxygen atoms in total. The number of hydrazone groups is 1. The molecule has 1 heterocycles. The first kappa shape index (κ1) is 18.6. The van der Waals surface area contributed by atoms with Gasteiger partial charge in [0.1, 0.15) is 18.2 Å². The fraction of sp³-hybridized carbons (Fsp3) is 0.400. The summed E-state index contributed by atoms with van der Waals surface area (Å²) in [6.45, 7) is 0.630. The molecule has 0 spiro atoms. The summed E-state index contributed by atoms with van der Waals surface area (Å²) in [5.74, 6) is -0.737. The third kappa shape index (κ3) is 4.89. The SMILES string of the molecule is CC(=O)NC1C(=NNC(=O)Nc2ccccc2)OC(CO)C(O)C1O. The molecule has 0 saturated carbocycles. The lowest BCUT2D eigenvalue weighted by Gasteiger charge is -2.37. The first-order valence-electron chi connectivity index (χ1n) is 7.52. The number of nitrogens with one attached hydrogen (secondary N) is 3. The Bertz CT molecular complexity index is 638. The highest BCUT2D eigenvalue weighted by atomic mass is 16.5. The van der Waals surface area contributed by atoms with Crippen LogP contribution in [-0.4, -0.2) is 64.1 Å². The Morgan fingerprint density at radius 1 is 1.20 bits per heavy atom. The van der Waals surface area contributed by atoms with Crippen LogP contribution in [0.4, 0.5) is 10.5 Å². The van der Waals surface area contributed by atoms with Crippen molar-refractivity contribution in [3.05, 3.63) is 30.3 Å². The van der Waals surface area contributed by atoms with Gasteiger partial charge in [0.05, 0.1) is 6.61 Å². The molecule has 6 N–H and O–H groups in total. The molecule has 1 aromatic carbocycles. The number of amides is 3. The lowest BCUT2D eigenvalue weighted by atomic mass is 9.97. The van der Waals surface area contributed by atoms with Crippen LogP contribution in [-0.2, 0) is 9.53 Å². The lowest BCUT2D eigenvalue weighted by Crippen LogP contribution is -2.62. The summed E-state index contributed by atoms with van der Waals surface area (Å²) >= 11 is 0. The average molecular weight is 352 g/mol. The van der Waals surface area contributed by atoms with Crippen molar-refractivity contribution in [1.82, 2.24) is 10.7 Å². The number of hydrogen-bond acceptors (Lipinski definition) is 7. The second kappa shape index (κ2) is 8.42. The Morgan fingerprint density at radius 3 is 2.48 bits per heavy atom. The van der Waals surface area contributed by atoms with Crippen LogP contribution in [0.25, 0.3) is 0 Å². The zero-order valence-corrected chi connectivity index (χ0v) is 13.4. The van der Waals surface area contributed by atoms with Gasteiger partial charge >= 0.3 is 6.03 Å². The van der Waals surface area contributed by atoms with E-state index < -0.39 is 42.9 Å². The van der Waals surface area contributed by atoms with Crippen molar-refractivity contribution in [1.29, 1.82) is 0 Å². The van der Waals surface area contributed by atoms with Crippen molar-refractivity contribution in [3.8, 4) is 0 Å². The second-order valence-corrected chi connectivity index (χ2v) is 5.38. The Labute approximate surface area is 143 Å². The molecule has 0 radical (unpaired) electrons. The molecule has 3 amide bonds. The van der Waals surface area contributed by atoms with E-state index in [9.17, 15) is 24.9 Å². The van der Waals surface area contributed by atoms with Crippen molar-refractivity contribution in [3.63, 3.8) is 0 Å². The summed E-state index contributed by atoms with van der Waals surface area (Å²) in [6, 6.07) is 6.76. The van der Waals surface area contributed by atoms with Gasteiger partial charge in [0.15, 0.2) is 6.10 Å². The van der Waals surface area contributed by atoms with Crippen LogP contribution >= 0.6 is 0 Å². The van der Waals surface area contributed by atoms with Crippen molar-refractivity contribution >= 4 is 23.5 Å². The maximum atomic E-state index is 11.8. The molecule has 1 aliphatic rings. The summed E-state index contributed by atoms with van der Waals surface area (Å²) < 4.78 is 5.27. The van der Waals surface area contributed by atoms with Crippen LogP contribution in [0, 0.1) is 0 Å². The van der Waals surface area contributed by atoms with Gasteiger partial charge < -0.3 is 30.7 Å². The molecule has 1 aliphatic heterocycles. The number of hydrogen-bond donors (Lipinski definition) is 6. The van der Waals surface area contributed by atoms with Gasteiger partial charge in [-0.25, -0.2) is 10.2 Å². The highest BCUT2D eigenvalue weighted by Gasteiger charge is 2.43. The highest BCUT2D eigenvalue weighted by molar-refractivity contribution is 5.92. The normalized spacial score (nSPS) is 27.3. The monoisotopic (exact) mass is 352 g/mol. The van der Waals surface area contributed by atoms with E-state index in [1.54, 1.807) is 30.3 Å². The number of ether oxygens (including phenoxy) is 1. The molecular weight excluding hydrogens is 332 g/mol. The fourth-order valence-corrected chi connectivity index (χ4v) is 2.25. The van der Waals surface area contributed by atoms with E-state index in [1.807, 2.05) is 0 Å². The number of nitrogens with zero attached hydrogens (tertiary/aromatic N) is 1. The Morgan fingerprint density at radius 2 is 1.88 bits per heavy atom. The molecule has 136 valence electrons. The number of anilines is 1. The first-order valence-corrected chi connectivity index (χ1v) is 7.52. The molecule has 1 fully saturated rings. The smallest absolute Gasteiger partial charge is 0.339 e. The summed E-state index contributed by atoms with van der Waals surface area (Å²) in [6.07, 6.45) is -4.04. The van der Waals surface area contributed by atoms with Crippen LogP contribution in [0.1, 0.15) is 6.92 Å². The quantitative estimate of drug-likeness (QED) is 0.372. The molecule has 2 rings (SSSR count). The van der Waals surface area contributed by atoms with Crippen molar-refractivity contribution in [2.24, 2.45) is 5.10 Å². The molecule has 4 atom stereocenters. The first-order chi connectivity index (χ1) is 11.9. The summed E-state index contributed by atoms with van der Waals surface area (Å²) in [7, 11) is 0. The van der Waals surface area contributed by atoms with Gasteiger partial charge in [-0.3, -0.25) is 4.79 Å². The molecule has 10 heteroatoms. The number of rotatable bonds is 4. The summed E-state index contributed by atoms with van der Waals surface area (Å²) in [5.41, 5.74) is 2.71. The Kier molecular flexibility index (Phi) is 6.28. The predicted molar refractivity (Wildman–Crippen MR) is 87.6 cm³/mol. The third-order valence-corrected chi connectivity index (χ3v) is 3.45. The second-order valence-electron chi connectivity index (χ2n) is 5.38. The molecule has 1 saturated heterocycles. The zero-order valence-electron chi connectivity index (χ0n) is 13.4. The van der Waals surface area contributed by atoms with E-state index in [0.29, 0.717) is 5.69 Å². The number of aliphatic hydroxyl groups is 3. The molecule has 1 aromatic rings. The van der Waals surface area contributed by atoms with E-state index >= 15 is 0 Å². The van der Waals surface area contributed by atoms with Crippen molar-refractivity contribution in [2.75, 3.05) is 11.9 Å². The van der Waals surface area contributed by atoms with Crippen LogP contribution in [0.3, 0.4) is 0 Å². The summed E-state index contributed by atoms with van der Waals surface area (Å²) in [4.78, 5) is 23.1. The van der Waals surface area contributed by atoms with Gasteiger partial charge in [0.25, 0.3) is 0 Å². The lowest BCUT2D eigenvalue weighted by molar-refractivity contribution is -0.125. The maximum absolute atomic E-state index is 11.8. The van der Waals surface area contributed by atoms with E-state index in [0.717, 1.165) is 0 Å². The minimum atomic E-state index is -1.47. The van der Waals surface area contributed by atoms with E-state index in [-0.39, 0.29) is 5.90 Å². The van der Waals surface area contributed by atoms with Crippen molar-refractivity contribution < 1.29 is 29.6 Å². The van der Waals surface area contributed by atoms with Gasteiger partial charge in [-0.05, 0) is 12.1 Å². The molecule has 0 aromatic heterocycles. The third-order valence-electron chi connectivity index (χ3n) is 3.45. The number of para-hydroxylation sites is 1. The summed E-state index contributed by atoms with van der Waals surface area (Å²) in [5, 5.41) is 37.8. The number of carbonyl (C=O) groups excluding carboxylic acids is 2. The Balaban J connectivity index is 2.09. The molecule has 0 aliphatic carbocycles.